The number of anilines is 1. The molecular formula is C29H23N5O2S. The molecule has 1 aliphatic heterocycles. The summed E-state index contributed by atoms with van der Waals surface area (Å²) in [5.41, 5.74) is 5.73. The monoisotopic (exact) mass is 505 g/mol. The first kappa shape index (κ1) is 22.9. The number of nitrogens with zero attached hydrogens (tertiary/aromatic N) is 5. The average Bonchev–Trinajstić information content (AvgIpc) is 3.62. The molecule has 1 aliphatic rings. The highest BCUT2D eigenvalue weighted by atomic mass is 32.1. The Hall–Kier alpha value is -4.56. The van der Waals surface area contributed by atoms with Crippen molar-refractivity contribution < 1.29 is 4.74 Å². The molecular weight excluding hydrogens is 482 g/mol. The van der Waals surface area contributed by atoms with Crippen LogP contribution in [0.5, 0.6) is 5.75 Å². The van der Waals surface area contributed by atoms with Gasteiger partial charge in [-0.05, 0) is 53.1 Å². The van der Waals surface area contributed by atoms with Gasteiger partial charge in [0.25, 0.3) is 5.56 Å². The second-order valence-corrected chi connectivity index (χ2v) is 9.43. The smallest absolute Gasteiger partial charge is 0.283 e. The Balaban J connectivity index is 1.21. The van der Waals surface area contributed by atoms with Crippen molar-refractivity contribution in [2.24, 2.45) is 10.2 Å². The maximum Gasteiger partial charge on any atom is 0.283 e. The van der Waals surface area contributed by atoms with E-state index in [1.54, 1.807) is 13.3 Å². The molecule has 182 valence electrons. The first-order chi connectivity index (χ1) is 18.2. The molecule has 0 radical (unpaired) electrons. The Morgan fingerprint density at radius 1 is 0.973 bits per heavy atom. The highest BCUT2D eigenvalue weighted by Gasteiger charge is 2.17. The number of methoxy groups -OCH3 is 1. The number of fused-ring (bicyclic) bond motifs is 1. The van der Waals surface area contributed by atoms with Crippen molar-refractivity contribution in [1.29, 1.82) is 0 Å². The highest BCUT2D eigenvalue weighted by Crippen LogP contribution is 2.30. The first-order valence-electron chi connectivity index (χ1n) is 11.9. The van der Waals surface area contributed by atoms with Crippen molar-refractivity contribution in [2.75, 3.05) is 18.7 Å². The fraction of sp³-hybridized carbons (Fsp3) is 0.103. The van der Waals surface area contributed by atoms with E-state index < -0.39 is 0 Å². The molecule has 0 amide bonds. The van der Waals surface area contributed by atoms with E-state index in [-0.39, 0.29) is 5.56 Å². The molecule has 0 fully saturated rings. The van der Waals surface area contributed by atoms with Gasteiger partial charge in [0, 0.05) is 23.9 Å². The zero-order valence-electron chi connectivity index (χ0n) is 20.1. The van der Waals surface area contributed by atoms with Crippen LogP contribution in [0.15, 0.2) is 106 Å². The second kappa shape index (κ2) is 9.83. The van der Waals surface area contributed by atoms with Gasteiger partial charge in [0.05, 0.1) is 30.1 Å². The number of ether oxygens (including phenoxy) is 1. The van der Waals surface area contributed by atoms with E-state index in [9.17, 15) is 4.79 Å². The number of thiophene rings is 1. The molecule has 8 heteroatoms. The van der Waals surface area contributed by atoms with Gasteiger partial charge in [-0.25, -0.2) is 4.98 Å². The van der Waals surface area contributed by atoms with Gasteiger partial charge in [-0.1, -0.05) is 42.5 Å². The number of rotatable bonds is 6. The Labute approximate surface area is 217 Å². The Kier molecular flexibility index (Phi) is 6.08. The predicted molar refractivity (Wildman–Crippen MR) is 150 cm³/mol. The third-order valence-electron chi connectivity index (χ3n) is 6.31. The van der Waals surface area contributed by atoms with E-state index in [0.717, 1.165) is 52.4 Å². The van der Waals surface area contributed by atoms with Crippen molar-refractivity contribution in [3.8, 4) is 16.9 Å². The van der Waals surface area contributed by atoms with Crippen molar-refractivity contribution in [3.05, 3.63) is 112 Å². The van der Waals surface area contributed by atoms with Crippen LogP contribution in [0.3, 0.4) is 0 Å². The minimum atomic E-state index is -0.185. The number of aromatic nitrogens is 2. The topological polar surface area (TPSA) is 72.1 Å². The number of hydrazone groups is 1. The second-order valence-electron chi connectivity index (χ2n) is 8.57. The Bertz CT molecular complexity index is 1670. The number of benzene rings is 3. The van der Waals surface area contributed by atoms with Crippen LogP contribution in [-0.4, -0.2) is 35.2 Å². The van der Waals surface area contributed by atoms with Crippen LogP contribution in [-0.2, 0) is 0 Å². The maximum absolute atomic E-state index is 13.2. The van der Waals surface area contributed by atoms with E-state index in [1.807, 2.05) is 89.3 Å². The summed E-state index contributed by atoms with van der Waals surface area (Å²) in [7, 11) is 1.66. The molecule has 7 nitrogen and oxygen atoms in total. The van der Waals surface area contributed by atoms with Gasteiger partial charge >= 0.3 is 0 Å². The molecule has 3 aromatic carbocycles. The Morgan fingerprint density at radius 2 is 1.76 bits per heavy atom. The van der Waals surface area contributed by atoms with E-state index in [1.165, 1.54) is 22.3 Å². The summed E-state index contributed by atoms with van der Waals surface area (Å²) in [6, 6.07) is 25.8. The zero-order valence-corrected chi connectivity index (χ0v) is 20.9. The fourth-order valence-electron chi connectivity index (χ4n) is 4.33. The van der Waals surface area contributed by atoms with Gasteiger partial charge in [0.1, 0.15) is 16.9 Å². The summed E-state index contributed by atoms with van der Waals surface area (Å²) < 4.78 is 6.54. The molecule has 6 rings (SSSR count). The lowest BCUT2D eigenvalue weighted by molar-refractivity contribution is 0.415. The maximum atomic E-state index is 13.2. The summed E-state index contributed by atoms with van der Waals surface area (Å²) >= 11 is 1.46. The van der Waals surface area contributed by atoms with Crippen molar-refractivity contribution >= 4 is 39.2 Å². The fourth-order valence-corrected chi connectivity index (χ4v) is 5.23. The molecule has 2 aromatic heterocycles. The van der Waals surface area contributed by atoms with E-state index in [4.69, 9.17) is 9.84 Å². The molecule has 37 heavy (non-hydrogen) atoms. The quantitative estimate of drug-likeness (QED) is 0.281. The Morgan fingerprint density at radius 3 is 2.51 bits per heavy atom. The summed E-state index contributed by atoms with van der Waals surface area (Å²) in [6.45, 7) is 0.820. The van der Waals surface area contributed by atoms with Gasteiger partial charge < -0.3 is 4.74 Å². The van der Waals surface area contributed by atoms with Crippen LogP contribution in [0.2, 0.25) is 0 Å². The first-order valence-corrected chi connectivity index (χ1v) is 12.8. The van der Waals surface area contributed by atoms with Gasteiger partial charge in [-0.3, -0.25) is 9.80 Å². The van der Waals surface area contributed by atoms with Crippen LogP contribution in [0.1, 0.15) is 17.5 Å². The van der Waals surface area contributed by atoms with Crippen molar-refractivity contribution in [3.63, 3.8) is 0 Å². The van der Waals surface area contributed by atoms with Crippen LogP contribution in [0.25, 0.3) is 21.3 Å². The lowest BCUT2D eigenvalue weighted by Gasteiger charge is -2.13. The van der Waals surface area contributed by atoms with Crippen LogP contribution < -0.4 is 15.3 Å². The van der Waals surface area contributed by atoms with Gasteiger partial charge in [0.15, 0.2) is 0 Å². The highest BCUT2D eigenvalue weighted by molar-refractivity contribution is 7.17. The third-order valence-corrected chi connectivity index (χ3v) is 7.20. The van der Waals surface area contributed by atoms with Gasteiger partial charge in [-0.2, -0.15) is 14.9 Å². The van der Waals surface area contributed by atoms with Gasteiger partial charge in [-0.15, -0.1) is 11.3 Å². The molecule has 0 N–H and O–H groups in total. The molecule has 0 atom stereocenters. The predicted octanol–water partition coefficient (Wildman–Crippen LogP) is 5.63. The normalized spacial score (nSPS) is 13.4. The van der Waals surface area contributed by atoms with Crippen LogP contribution in [0.4, 0.5) is 5.69 Å². The lowest BCUT2D eigenvalue weighted by atomic mass is 10.1. The molecule has 5 aromatic rings. The molecule has 0 saturated carbocycles. The summed E-state index contributed by atoms with van der Waals surface area (Å²) in [6.07, 6.45) is 4.02. The third kappa shape index (κ3) is 4.54. The van der Waals surface area contributed by atoms with Crippen LogP contribution >= 0.6 is 11.3 Å². The van der Waals surface area contributed by atoms with E-state index in [2.05, 4.69) is 10.1 Å². The SMILES string of the molecule is COc1ccc(C2=NN(c3ccc(C=Nn4cnc5scc(-c6ccccc6)c5c4=O)cc3)CC2)cc1. The zero-order chi connectivity index (χ0) is 25.2. The van der Waals surface area contributed by atoms with E-state index in [0.29, 0.717) is 10.2 Å². The largest absolute Gasteiger partial charge is 0.497 e. The van der Waals surface area contributed by atoms with Gasteiger partial charge in [0.2, 0.25) is 0 Å². The standard InChI is InChI=1S/C29H23N5O2S/c1-36-24-13-9-22(10-14-24)26-15-16-33(32-26)23-11-7-20(8-12-23)17-31-34-19-30-28-27(29(34)35)25(18-37-28)21-5-3-2-4-6-21/h2-14,17-19H,15-16H2,1H3. The molecule has 0 unspecified atom stereocenters. The molecule has 0 saturated heterocycles. The van der Waals surface area contributed by atoms with Crippen LogP contribution in [0, 0.1) is 0 Å². The molecule has 0 aliphatic carbocycles. The van der Waals surface area contributed by atoms with Crippen molar-refractivity contribution in [1.82, 2.24) is 9.66 Å². The minimum absolute atomic E-state index is 0.185. The summed E-state index contributed by atoms with van der Waals surface area (Å²) in [4.78, 5) is 18.4. The average molecular weight is 506 g/mol. The number of hydrogen-bond donors (Lipinski definition) is 0. The molecule has 3 heterocycles. The van der Waals surface area contributed by atoms with Crippen molar-refractivity contribution in [2.45, 2.75) is 6.42 Å². The molecule has 0 bridgehead atoms. The summed E-state index contributed by atoms with van der Waals surface area (Å²) in [5.74, 6) is 0.835. The molecule has 0 spiro atoms. The summed E-state index contributed by atoms with van der Waals surface area (Å²) in [5, 5.41) is 13.8. The minimum Gasteiger partial charge on any atom is -0.497 e. The number of hydrogen-bond acceptors (Lipinski definition) is 7. The van der Waals surface area contributed by atoms with E-state index >= 15 is 0 Å². The lowest BCUT2D eigenvalue weighted by Crippen LogP contribution is -2.16.